The number of methoxy groups -OCH3 is 2. The number of carbonyl (C=O) groups is 2. The third-order valence-corrected chi connectivity index (χ3v) is 1.94. The van der Waals surface area contributed by atoms with E-state index in [2.05, 4.69) is 14.8 Å². The van der Waals surface area contributed by atoms with E-state index < -0.39 is 17.7 Å². The maximum atomic E-state index is 13.3. The molecule has 1 aromatic rings. The number of amides is 1. The van der Waals surface area contributed by atoms with Crippen LogP contribution in [0.15, 0.2) is 18.2 Å². The molecular weight excluding hydrogens is 229 g/mol. The molecule has 1 aromatic carbocycles. The van der Waals surface area contributed by atoms with Gasteiger partial charge in [-0.1, -0.05) is 0 Å². The minimum atomic E-state index is -0.637. The van der Waals surface area contributed by atoms with Gasteiger partial charge in [-0.3, -0.25) is 4.79 Å². The van der Waals surface area contributed by atoms with Gasteiger partial charge in [-0.25, -0.2) is 9.18 Å². The first-order valence-electron chi connectivity index (χ1n) is 4.75. The Morgan fingerprint density at radius 2 is 2.06 bits per heavy atom. The zero-order chi connectivity index (χ0) is 12.8. The Hall–Kier alpha value is -1.95. The fourth-order valence-corrected chi connectivity index (χ4v) is 1.18. The molecular formula is C11H12FNO4. The Balaban J connectivity index is 2.90. The molecule has 0 aliphatic carbocycles. The maximum absolute atomic E-state index is 13.3. The molecule has 6 heteroatoms. The number of ether oxygens (including phenoxy) is 2. The van der Waals surface area contributed by atoms with Crippen molar-refractivity contribution < 1.29 is 23.5 Å². The summed E-state index contributed by atoms with van der Waals surface area (Å²) in [5.74, 6) is -1.75. The van der Waals surface area contributed by atoms with Crippen molar-refractivity contribution in [2.45, 2.75) is 0 Å². The van der Waals surface area contributed by atoms with Gasteiger partial charge in [0.05, 0.1) is 18.4 Å². The van der Waals surface area contributed by atoms with Crippen LogP contribution >= 0.6 is 0 Å². The topological polar surface area (TPSA) is 64.6 Å². The fourth-order valence-electron chi connectivity index (χ4n) is 1.18. The first-order valence-corrected chi connectivity index (χ1v) is 4.75. The summed E-state index contributed by atoms with van der Waals surface area (Å²) in [4.78, 5) is 22.4. The summed E-state index contributed by atoms with van der Waals surface area (Å²) in [6, 6.07) is 3.55. The number of benzene rings is 1. The first-order chi connectivity index (χ1) is 8.08. The van der Waals surface area contributed by atoms with Crippen LogP contribution in [0.2, 0.25) is 0 Å². The molecule has 1 N–H and O–H groups in total. The van der Waals surface area contributed by atoms with Gasteiger partial charge in [0, 0.05) is 7.11 Å². The first kappa shape index (κ1) is 13.1. The van der Waals surface area contributed by atoms with Gasteiger partial charge in [0.25, 0.3) is 0 Å². The van der Waals surface area contributed by atoms with Gasteiger partial charge in [0.2, 0.25) is 5.91 Å². The smallest absolute Gasteiger partial charge is 0.337 e. The largest absolute Gasteiger partial charge is 0.465 e. The molecule has 0 aromatic heterocycles. The van der Waals surface area contributed by atoms with Crippen molar-refractivity contribution in [3.8, 4) is 0 Å². The van der Waals surface area contributed by atoms with Crippen LogP contribution < -0.4 is 5.32 Å². The number of carbonyl (C=O) groups excluding carboxylic acids is 2. The number of hydrogen-bond donors (Lipinski definition) is 1. The van der Waals surface area contributed by atoms with E-state index in [1.54, 1.807) is 0 Å². The number of esters is 1. The van der Waals surface area contributed by atoms with Crippen LogP contribution in [0, 0.1) is 5.82 Å². The van der Waals surface area contributed by atoms with Crippen molar-refractivity contribution in [3.05, 3.63) is 29.6 Å². The lowest BCUT2D eigenvalue weighted by Crippen LogP contribution is -2.18. The average molecular weight is 241 g/mol. The Bertz CT molecular complexity index is 433. The van der Waals surface area contributed by atoms with E-state index in [-0.39, 0.29) is 17.9 Å². The van der Waals surface area contributed by atoms with Crippen molar-refractivity contribution in [2.75, 3.05) is 26.1 Å². The van der Waals surface area contributed by atoms with E-state index >= 15 is 0 Å². The van der Waals surface area contributed by atoms with Crippen LogP contribution in [0.4, 0.5) is 10.1 Å². The highest BCUT2D eigenvalue weighted by Gasteiger charge is 2.11. The maximum Gasteiger partial charge on any atom is 0.337 e. The van der Waals surface area contributed by atoms with E-state index in [1.165, 1.54) is 26.4 Å². The van der Waals surface area contributed by atoms with E-state index in [9.17, 15) is 14.0 Å². The van der Waals surface area contributed by atoms with Gasteiger partial charge in [-0.15, -0.1) is 0 Å². The molecule has 0 atom stereocenters. The van der Waals surface area contributed by atoms with Crippen LogP contribution in [0.3, 0.4) is 0 Å². The van der Waals surface area contributed by atoms with Crippen molar-refractivity contribution in [2.24, 2.45) is 0 Å². The van der Waals surface area contributed by atoms with E-state index in [4.69, 9.17) is 0 Å². The minimum Gasteiger partial charge on any atom is -0.465 e. The van der Waals surface area contributed by atoms with Gasteiger partial charge < -0.3 is 14.8 Å². The van der Waals surface area contributed by atoms with E-state index in [1.807, 2.05) is 0 Å². The van der Waals surface area contributed by atoms with Crippen LogP contribution in [0.5, 0.6) is 0 Å². The molecule has 0 heterocycles. The molecule has 0 fully saturated rings. The second-order valence-corrected chi connectivity index (χ2v) is 3.17. The lowest BCUT2D eigenvalue weighted by atomic mass is 10.2. The molecule has 0 radical (unpaired) electrons. The Kier molecular flexibility index (Phi) is 4.59. The normalized spacial score (nSPS) is 9.82. The zero-order valence-electron chi connectivity index (χ0n) is 9.45. The number of rotatable bonds is 4. The summed E-state index contributed by atoms with van der Waals surface area (Å²) in [5.41, 5.74) is 0.0663. The van der Waals surface area contributed by atoms with Crippen molar-refractivity contribution in [3.63, 3.8) is 0 Å². The van der Waals surface area contributed by atoms with Crippen molar-refractivity contribution >= 4 is 17.6 Å². The molecule has 5 nitrogen and oxygen atoms in total. The van der Waals surface area contributed by atoms with E-state index in [0.29, 0.717) is 0 Å². The second-order valence-electron chi connectivity index (χ2n) is 3.17. The van der Waals surface area contributed by atoms with Crippen LogP contribution in [-0.4, -0.2) is 32.7 Å². The highest BCUT2D eigenvalue weighted by molar-refractivity contribution is 5.95. The third kappa shape index (κ3) is 3.53. The lowest BCUT2D eigenvalue weighted by molar-refractivity contribution is -0.119. The zero-order valence-corrected chi connectivity index (χ0v) is 9.45. The summed E-state index contributed by atoms with van der Waals surface area (Å²) in [6.45, 7) is -0.193. The highest BCUT2D eigenvalue weighted by Crippen LogP contribution is 2.16. The Labute approximate surface area is 97.5 Å². The molecule has 0 saturated carbocycles. The molecule has 92 valence electrons. The minimum absolute atomic E-state index is 0.0880. The van der Waals surface area contributed by atoms with Crippen molar-refractivity contribution in [1.82, 2.24) is 0 Å². The Morgan fingerprint density at radius 1 is 1.35 bits per heavy atom. The highest BCUT2D eigenvalue weighted by atomic mass is 19.1. The number of anilines is 1. The monoisotopic (exact) mass is 241 g/mol. The van der Waals surface area contributed by atoms with Gasteiger partial charge >= 0.3 is 5.97 Å². The van der Waals surface area contributed by atoms with Gasteiger partial charge in [0.1, 0.15) is 12.4 Å². The quantitative estimate of drug-likeness (QED) is 0.804. The van der Waals surface area contributed by atoms with Gasteiger partial charge in [0.15, 0.2) is 0 Å². The molecule has 17 heavy (non-hydrogen) atoms. The predicted molar refractivity (Wildman–Crippen MR) is 58.2 cm³/mol. The third-order valence-electron chi connectivity index (χ3n) is 1.94. The molecule has 0 spiro atoms. The molecule has 0 aliphatic rings. The molecule has 0 bridgehead atoms. The number of hydrogen-bond acceptors (Lipinski definition) is 4. The number of nitrogens with one attached hydrogen (secondary N) is 1. The molecule has 0 saturated heterocycles. The molecule has 1 amide bonds. The summed E-state index contributed by atoms with van der Waals surface area (Å²) in [7, 11) is 2.57. The van der Waals surface area contributed by atoms with Gasteiger partial charge in [-0.2, -0.15) is 0 Å². The SMILES string of the molecule is COCC(=O)Nc1cc(C(=O)OC)ccc1F. The van der Waals surface area contributed by atoms with E-state index in [0.717, 1.165) is 6.07 Å². The lowest BCUT2D eigenvalue weighted by Gasteiger charge is -2.07. The fraction of sp³-hybridized carbons (Fsp3) is 0.273. The average Bonchev–Trinajstić information content (AvgIpc) is 2.31. The van der Waals surface area contributed by atoms with Crippen molar-refractivity contribution in [1.29, 1.82) is 0 Å². The van der Waals surface area contributed by atoms with Crippen LogP contribution in [-0.2, 0) is 14.3 Å². The molecule has 1 rings (SSSR count). The summed E-state index contributed by atoms with van der Waals surface area (Å²) in [5, 5.41) is 2.28. The van der Waals surface area contributed by atoms with Gasteiger partial charge in [-0.05, 0) is 18.2 Å². The molecule has 0 aliphatic heterocycles. The Morgan fingerprint density at radius 3 is 2.65 bits per heavy atom. The molecule has 0 unspecified atom stereocenters. The standard InChI is InChI=1S/C11H12FNO4/c1-16-6-10(14)13-9-5-7(11(15)17-2)3-4-8(9)12/h3-5H,6H2,1-2H3,(H,13,14). The summed E-state index contributed by atoms with van der Waals surface area (Å²) >= 11 is 0. The van der Waals surface area contributed by atoms with Crippen LogP contribution in [0.1, 0.15) is 10.4 Å². The summed E-state index contributed by atoms with van der Waals surface area (Å²) in [6.07, 6.45) is 0. The second kappa shape index (κ2) is 5.95. The van der Waals surface area contributed by atoms with Crippen LogP contribution in [0.25, 0.3) is 0 Å². The predicted octanol–water partition coefficient (Wildman–Crippen LogP) is 1.20. The summed E-state index contributed by atoms with van der Waals surface area (Å²) < 4.78 is 22.4. The number of halogens is 1.